The molecule has 1 fully saturated rings. The molecule has 0 aromatic heterocycles. The highest BCUT2D eigenvalue weighted by Gasteiger charge is 2.21. The van der Waals surface area contributed by atoms with Crippen LogP contribution in [-0.4, -0.2) is 5.78 Å². The zero-order valence-corrected chi connectivity index (χ0v) is 6.68. The van der Waals surface area contributed by atoms with Crippen molar-refractivity contribution in [1.82, 2.24) is 0 Å². The molecule has 0 N–H and O–H groups in total. The van der Waals surface area contributed by atoms with Crippen molar-refractivity contribution in [1.29, 1.82) is 5.26 Å². The third kappa shape index (κ3) is 2.34. The van der Waals surface area contributed by atoms with Crippen LogP contribution in [0, 0.1) is 17.2 Å². The van der Waals surface area contributed by atoms with Crippen LogP contribution in [0.1, 0.15) is 38.5 Å². The summed E-state index contributed by atoms with van der Waals surface area (Å²) in [7, 11) is 0. The largest absolute Gasteiger partial charge is 0.299 e. The second-order valence-corrected chi connectivity index (χ2v) is 3.11. The minimum absolute atomic E-state index is 0.295. The first kappa shape index (κ1) is 8.26. The summed E-state index contributed by atoms with van der Waals surface area (Å²) in [5, 5.41) is 8.26. The van der Waals surface area contributed by atoms with Gasteiger partial charge in [-0.3, -0.25) is 4.79 Å². The number of nitrogens with zero attached hydrogens (tertiary/aromatic N) is 1. The average Bonchev–Trinajstić information content (AvgIpc) is 2.52. The molecule has 11 heavy (non-hydrogen) atoms. The van der Waals surface area contributed by atoms with Crippen LogP contribution in [0.3, 0.4) is 0 Å². The van der Waals surface area contributed by atoms with Crippen molar-refractivity contribution in [2.45, 2.75) is 38.5 Å². The number of Topliss-reactive ketones (excluding diaryl/α,β-unsaturated/α-hetero) is 1. The molecule has 2 nitrogen and oxygen atoms in total. The summed E-state index contributed by atoms with van der Waals surface area (Å²) < 4.78 is 0. The Morgan fingerprint density at radius 2 is 2.09 bits per heavy atom. The third-order valence-corrected chi connectivity index (χ3v) is 2.29. The molecule has 0 bridgehead atoms. The van der Waals surface area contributed by atoms with Crippen LogP contribution in [0.5, 0.6) is 0 Å². The first-order valence-electron chi connectivity index (χ1n) is 4.24. The van der Waals surface area contributed by atoms with Gasteiger partial charge in [-0.25, -0.2) is 0 Å². The van der Waals surface area contributed by atoms with Crippen LogP contribution < -0.4 is 0 Å². The Morgan fingerprint density at radius 1 is 1.45 bits per heavy atom. The van der Waals surface area contributed by atoms with Gasteiger partial charge in [0.1, 0.15) is 5.78 Å². The molecule has 0 aliphatic heterocycles. The first-order valence-corrected chi connectivity index (χ1v) is 4.24. The molecule has 0 amide bonds. The molecular weight excluding hydrogens is 138 g/mol. The van der Waals surface area contributed by atoms with E-state index in [2.05, 4.69) is 0 Å². The van der Waals surface area contributed by atoms with Crippen molar-refractivity contribution < 1.29 is 4.79 Å². The number of carbonyl (C=O) groups excluding carboxylic acids is 1. The fourth-order valence-corrected chi connectivity index (χ4v) is 1.63. The van der Waals surface area contributed by atoms with Gasteiger partial charge in [0.15, 0.2) is 0 Å². The highest BCUT2D eigenvalue weighted by atomic mass is 16.1. The van der Waals surface area contributed by atoms with Crippen LogP contribution in [0.25, 0.3) is 0 Å². The molecule has 1 aliphatic rings. The van der Waals surface area contributed by atoms with Crippen molar-refractivity contribution in [3.8, 4) is 6.07 Å². The van der Waals surface area contributed by atoms with Crippen LogP contribution >= 0.6 is 0 Å². The van der Waals surface area contributed by atoms with Crippen molar-refractivity contribution in [3.05, 3.63) is 0 Å². The van der Waals surface area contributed by atoms with Gasteiger partial charge in [-0.05, 0) is 12.8 Å². The number of ketones is 1. The fraction of sp³-hybridized carbons (Fsp3) is 0.778. The van der Waals surface area contributed by atoms with Gasteiger partial charge in [0, 0.05) is 18.8 Å². The van der Waals surface area contributed by atoms with Gasteiger partial charge in [0.25, 0.3) is 0 Å². The van der Waals surface area contributed by atoms with Crippen LogP contribution in [-0.2, 0) is 4.79 Å². The minimum Gasteiger partial charge on any atom is -0.299 e. The zero-order valence-electron chi connectivity index (χ0n) is 6.68. The fourth-order valence-electron chi connectivity index (χ4n) is 1.63. The maximum absolute atomic E-state index is 11.3. The van der Waals surface area contributed by atoms with E-state index < -0.39 is 0 Å². The predicted octanol–water partition coefficient (Wildman–Crippen LogP) is 2.05. The summed E-state index contributed by atoms with van der Waals surface area (Å²) in [5.74, 6) is 0.604. The predicted molar refractivity (Wildman–Crippen MR) is 41.8 cm³/mol. The molecule has 1 saturated carbocycles. The quantitative estimate of drug-likeness (QED) is 0.619. The van der Waals surface area contributed by atoms with Gasteiger partial charge in [-0.1, -0.05) is 12.8 Å². The zero-order chi connectivity index (χ0) is 8.10. The number of rotatable bonds is 3. The smallest absolute Gasteiger partial charge is 0.137 e. The molecule has 2 heteroatoms. The van der Waals surface area contributed by atoms with Crippen LogP contribution in [0.4, 0.5) is 0 Å². The molecule has 60 valence electrons. The van der Waals surface area contributed by atoms with E-state index in [-0.39, 0.29) is 0 Å². The monoisotopic (exact) mass is 151 g/mol. The number of hydrogen-bond donors (Lipinski definition) is 0. The lowest BCUT2D eigenvalue weighted by molar-refractivity contribution is -0.122. The Morgan fingerprint density at radius 3 is 2.64 bits per heavy atom. The highest BCUT2D eigenvalue weighted by Crippen LogP contribution is 2.26. The summed E-state index contributed by atoms with van der Waals surface area (Å²) in [4.78, 5) is 11.3. The number of nitriles is 1. The van der Waals surface area contributed by atoms with E-state index in [0.29, 0.717) is 24.5 Å². The lowest BCUT2D eigenvalue weighted by Gasteiger charge is -2.04. The van der Waals surface area contributed by atoms with Crippen molar-refractivity contribution in [2.75, 3.05) is 0 Å². The molecule has 0 unspecified atom stereocenters. The molecule has 0 aromatic carbocycles. The van der Waals surface area contributed by atoms with Gasteiger partial charge < -0.3 is 0 Å². The molecule has 0 spiro atoms. The summed E-state index contributed by atoms with van der Waals surface area (Å²) >= 11 is 0. The second kappa shape index (κ2) is 4.12. The Hall–Kier alpha value is -0.840. The normalized spacial score (nSPS) is 18.1. The standard InChI is InChI=1S/C9H13NO/c10-7-3-6-9(11)8-4-1-2-5-8/h8H,1-6H2. The van der Waals surface area contributed by atoms with E-state index in [1.165, 1.54) is 12.8 Å². The lowest BCUT2D eigenvalue weighted by atomic mass is 9.99. The Kier molecular flexibility index (Phi) is 3.10. The molecular formula is C9H13NO. The number of hydrogen-bond acceptors (Lipinski definition) is 2. The summed E-state index contributed by atoms with van der Waals surface area (Å²) in [5.41, 5.74) is 0. The topological polar surface area (TPSA) is 40.9 Å². The number of carbonyl (C=O) groups is 1. The Bertz CT molecular complexity index is 174. The maximum Gasteiger partial charge on any atom is 0.137 e. The summed E-state index contributed by atoms with van der Waals surface area (Å²) in [6.45, 7) is 0. The van der Waals surface area contributed by atoms with Gasteiger partial charge in [0.05, 0.1) is 6.07 Å². The van der Waals surface area contributed by atoms with Crippen molar-refractivity contribution >= 4 is 5.78 Å². The van der Waals surface area contributed by atoms with Gasteiger partial charge in [0.2, 0.25) is 0 Å². The summed E-state index contributed by atoms with van der Waals surface area (Å²) in [6.07, 6.45) is 5.39. The molecule has 0 atom stereocenters. The van der Waals surface area contributed by atoms with Gasteiger partial charge in [-0.15, -0.1) is 0 Å². The van der Waals surface area contributed by atoms with Crippen LogP contribution in [0.15, 0.2) is 0 Å². The molecule has 0 aromatic rings. The van der Waals surface area contributed by atoms with E-state index in [1.54, 1.807) is 0 Å². The first-order chi connectivity index (χ1) is 5.34. The van der Waals surface area contributed by atoms with Crippen LogP contribution in [0.2, 0.25) is 0 Å². The Labute approximate surface area is 67.2 Å². The minimum atomic E-state index is 0.295. The van der Waals surface area contributed by atoms with E-state index in [4.69, 9.17) is 5.26 Å². The second-order valence-electron chi connectivity index (χ2n) is 3.11. The van der Waals surface area contributed by atoms with Crippen molar-refractivity contribution in [2.24, 2.45) is 5.92 Å². The van der Waals surface area contributed by atoms with Crippen molar-refractivity contribution in [3.63, 3.8) is 0 Å². The van der Waals surface area contributed by atoms with E-state index >= 15 is 0 Å². The highest BCUT2D eigenvalue weighted by molar-refractivity contribution is 5.81. The van der Waals surface area contributed by atoms with E-state index in [1.807, 2.05) is 6.07 Å². The molecule has 0 heterocycles. The van der Waals surface area contributed by atoms with Gasteiger partial charge in [-0.2, -0.15) is 5.26 Å². The SMILES string of the molecule is N#CCCC(=O)C1CCCC1. The molecule has 0 radical (unpaired) electrons. The maximum atomic E-state index is 11.3. The van der Waals surface area contributed by atoms with Gasteiger partial charge >= 0.3 is 0 Å². The average molecular weight is 151 g/mol. The lowest BCUT2D eigenvalue weighted by Crippen LogP contribution is -2.09. The van der Waals surface area contributed by atoms with E-state index in [9.17, 15) is 4.79 Å². The Balaban J connectivity index is 2.24. The third-order valence-electron chi connectivity index (χ3n) is 2.29. The molecule has 0 saturated heterocycles. The summed E-state index contributed by atoms with van der Waals surface area (Å²) in [6, 6.07) is 2.00. The molecule has 1 aliphatic carbocycles. The van der Waals surface area contributed by atoms with E-state index in [0.717, 1.165) is 12.8 Å². The molecule has 1 rings (SSSR count).